The van der Waals surface area contributed by atoms with E-state index < -0.39 is 0 Å². The van der Waals surface area contributed by atoms with E-state index in [9.17, 15) is 4.39 Å². The van der Waals surface area contributed by atoms with Crippen molar-refractivity contribution in [2.24, 2.45) is 5.41 Å². The molecule has 2 aromatic rings. The second-order valence-electron chi connectivity index (χ2n) is 11.6. The summed E-state index contributed by atoms with van der Waals surface area (Å²) in [6.07, 6.45) is 8.06. The number of likely N-dealkylation sites (N-methyl/N-ethyl adjacent to an activating group) is 1. The fraction of sp³-hybridized carbons (Fsp3) is 0.655. The quantitative estimate of drug-likeness (QED) is 0.642. The van der Waals surface area contributed by atoms with Crippen LogP contribution in [-0.2, 0) is 30.4 Å². The number of benzene rings is 1. The van der Waals surface area contributed by atoms with Crippen LogP contribution >= 0.6 is 0 Å². The van der Waals surface area contributed by atoms with Crippen molar-refractivity contribution in [1.29, 1.82) is 0 Å². The van der Waals surface area contributed by atoms with Gasteiger partial charge in [-0.2, -0.15) is 9.97 Å². The summed E-state index contributed by atoms with van der Waals surface area (Å²) in [6.45, 7) is 5.10. The molecular formula is C29H40FN5O2. The highest BCUT2D eigenvalue weighted by Gasteiger charge is 2.41. The third kappa shape index (κ3) is 5.08. The van der Waals surface area contributed by atoms with Gasteiger partial charge >= 0.3 is 6.01 Å². The molecule has 1 aromatic carbocycles. The molecule has 2 fully saturated rings. The van der Waals surface area contributed by atoms with Gasteiger partial charge in [-0.3, -0.25) is 0 Å². The topological polar surface area (TPSA) is 62.8 Å². The van der Waals surface area contributed by atoms with Gasteiger partial charge < -0.3 is 24.6 Å². The number of aromatic nitrogens is 2. The molecule has 1 aromatic heterocycles. The molecule has 0 bridgehead atoms. The highest BCUT2D eigenvalue weighted by molar-refractivity contribution is 5.52. The summed E-state index contributed by atoms with van der Waals surface area (Å²) in [7, 11) is 3.93. The second kappa shape index (κ2) is 10.5. The molecule has 2 aliphatic carbocycles. The van der Waals surface area contributed by atoms with Crippen LogP contribution in [0.5, 0.6) is 6.01 Å². The normalized spacial score (nSPS) is 27.8. The van der Waals surface area contributed by atoms with E-state index in [4.69, 9.17) is 19.4 Å². The number of hydrogen-bond acceptors (Lipinski definition) is 7. The van der Waals surface area contributed by atoms with E-state index in [2.05, 4.69) is 28.2 Å². The van der Waals surface area contributed by atoms with Crippen molar-refractivity contribution in [3.8, 4) is 6.01 Å². The van der Waals surface area contributed by atoms with Crippen LogP contribution in [0.25, 0.3) is 0 Å². The van der Waals surface area contributed by atoms with Gasteiger partial charge in [0.2, 0.25) is 0 Å². The average molecular weight is 510 g/mol. The van der Waals surface area contributed by atoms with Crippen molar-refractivity contribution in [1.82, 2.24) is 20.2 Å². The Labute approximate surface area is 219 Å². The van der Waals surface area contributed by atoms with Gasteiger partial charge in [0.05, 0.1) is 12.3 Å². The first-order valence-electron chi connectivity index (χ1n) is 14.0. The Kier molecular flexibility index (Phi) is 7.07. The number of ether oxygens (including phenoxy) is 2. The monoisotopic (exact) mass is 509 g/mol. The van der Waals surface area contributed by atoms with Gasteiger partial charge in [0.15, 0.2) is 0 Å². The van der Waals surface area contributed by atoms with Gasteiger partial charge in [-0.25, -0.2) is 4.39 Å². The van der Waals surface area contributed by atoms with Crippen molar-refractivity contribution in [2.75, 3.05) is 58.5 Å². The fourth-order valence-corrected chi connectivity index (χ4v) is 7.04. The number of hydrogen-bond donors (Lipinski definition) is 1. The number of likely N-dealkylation sites (tertiary alicyclic amines) is 1. The zero-order valence-corrected chi connectivity index (χ0v) is 22.3. The predicted molar refractivity (Wildman–Crippen MR) is 142 cm³/mol. The Morgan fingerprint density at radius 2 is 1.97 bits per heavy atom. The molecule has 0 amide bonds. The molecule has 1 spiro atoms. The lowest BCUT2D eigenvalue weighted by atomic mass is 9.63. The zero-order valence-electron chi connectivity index (χ0n) is 22.3. The predicted octanol–water partition coefficient (Wildman–Crippen LogP) is 3.18. The number of anilines is 1. The second-order valence-corrected chi connectivity index (χ2v) is 11.6. The summed E-state index contributed by atoms with van der Waals surface area (Å²) in [5.74, 6) is 0.990. The smallest absolute Gasteiger partial charge is 0.318 e. The van der Waals surface area contributed by atoms with E-state index >= 15 is 0 Å². The minimum Gasteiger partial charge on any atom is -0.462 e. The van der Waals surface area contributed by atoms with Crippen LogP contribution in [0.1, 0.15) is 48.1 Å². The van der Waals surface area contributed by atoms with Gasteiger partial charge in [0.25, 0.3) is 0 Å². The van der Waals surface area contributed by atoms with Crippen LogP contribution in [0.3, 0.4) is 0 Å². The SMILES string of the molecule is COC[C@H]1CN(c2nc(OC[C@@H]3CCCN3C)nc3c2CC[C@]2(CCc4c(F)cccc4C2)C3)CCN1. The largest absolute Gasteiger partial charge is 0.462 e. The zero-order chi connectivity index (χ0) is 25.4. The first-order valence-corrected chi connectivity index (χ1v) is 14.0. The van der Waals surface area contributed by atoms with Gasteiger partial charge in [0.1, 0.15) is 18.2 Å². The highest BCUT2D eigenvalue weighted by atomic mass is 19.1. The van der Waals surface area contributed by atoms with Crippen molar-refractivity contribution in [3.05, 3.63) is 46.4 Å². The average Bonchev–Trinajstić information content (AvgIpc) is 3.31. The molecule has 8 heteroatoms. The van der Waals surface area contributed by atoms with Crippen molar-refractivity contribution < 1.29 is 13.9 Å². The van der Waals surface area contributed by atoms with Crippen molar-refractivity contribution in [2.45, 2.75) is 63.5 Å². The van der Waals surface area contributed by atoms with Crippen LogP contribution in [0.15, 0.2) is 18.2 Å². The van der Waals surface area contributed by atoms with Gasteiger partial charge in [0, 0.05) is 44.4 Å². The Morgan fingerprint density at radius 3 is 2.78 bits per heavy atom. The minimum atomic E-state index is -0.0509. The number of piperazine rings is 1. The van der Waals surface area contributed by atoms with Gasteiger partial charge in [-0.15, -0.1) is 0 Å². The van der Waals surface area contributed by atoms with E-state index in [0.717, 1.165) is 88.2 Å². The van der Waals surface area contributed by atoms with Crippen LogP contribution in [-0.4, -0.2) is 80.5 Å². The molecule has 0 radical (unpaired) electrons. The maximum absolute atomic E-state index is 14.4. The number of rotatable bonds is 6. The molecule has 1 N–H and O–H groups in total. The van der Waals surface area contributed by atoms with Crippen LogP contribution < -0.4 is 15.0 Å². The van der Waals surface area contributed by atoms with E-state index in [1.54, 1.807) is 13.2 Å². The Hall–Kier alpha value is -2.29. The first kappa shape index (κ1) is 25.0. The lowest BCUT2D eigenvalue weighted by molar-refractivity contribution is 0.162. The summed E-state index contributed by atoms with van der Waals surface area (Å²) in [5.41, 5.74) is 4.63. The Bertz CT molecular complexity index is 1130. The highest BCUT2D eigenvalue weighted by Crippen LogP contribution is 2.47. The third-order valence-electron chi connectivity index (χ3n) is 9.18. The summed E-state index contributed by atoms with van der Waals surface area (Å²) in [4.78, 5) is 14.8. The van der Waals surface area contributed by atoms with E-state index in [-0.39, 0.29) is 17.3 Å². The van der Waals surface area contributed by atoms with Crippen LogP contribution in [0.4, 0.5) is 10.2 Å². The van der Waals surface area contributed by atoms with Gasteiger partial charge in [-0.05, 0) is 87.6 Å². The van der Waals surface area contributed by atoms with Crippen molar-refractivity contribution >= 4 is 5.82 Å². The molecule has 3 atom stereocenters. The standard InChI is InChI=1S/C29H40FN5O2/c1-34-13-4-6-22(34)19-37-28-32-26-16-29(10-8-23-20(15-29)5-3-7-25(23)30)11-9-24(26)27(33-28)35-14-12-31-21(17-35)18-36-2/h3,5,7,21-22,31H,4,6,8-19H2,1-2H3/t21-,22+,29+/m1/s1. The Balaban J connectivity index is 1.29. The first-order chi connectivity index (χ1) is 18.0. The molecule has 37 heavy (non-hydrogen) atoms. The molecule has 2 saturated heterocycles. The van der Waals surface area contributed by atoms with E-state index in [1.807, 2.05) is 6.07 Å². The lowest BCUT2D eigenvalue weighted by Gasteiger charge is -2.43. The number of halogens is 1. The molecule has 0 saturated carbocycles. The van der Waals surface area contributed by atoms with E-state index in [1.165, 1.54) is 17.5 Å². The summed E-state index contributed by atoms with van der Waals surface area (Å²) < 4.78 is 26.2. The molecule has 0 unspecified atom stereocenters. The Morgan fingerprint density at radius 1 is 1.11 bits per heavy atom. The molecule has 3 heterocycles. The fourth-order valence-electron chi connectivity index (χ4n) is 7.04. The summed E-state index contributed by atoms with van der Waals surface area (Å²) in [5, 5.41) is 3.56. The molecule has 2 aliphatic heterocycles. The maximum Gasteiger partial charge on any atom is 0.318 e. The molecule has 6 rings (SSSR count). The molecular weight excluding hydrogens is 469 g/mol. The van der Waals surface area contributed by atoms with Crippen LogP contribution in [0.2, 0.25) is 0 Å². The number of nitrogens with one attached hydrogen (secondary N) is 1. The van der Waals surface area contributed by atoms with Gasteiger partial charge in [-0.1, -0.05) is 12.1 Å². The number of methoxy groups -OCH3 is 1. The molecule has 7 nitrogen and oxygen atoms in total. The minimum absolute atomic E-state index is 0.0509. The maximum atomic E-state index is 14.4. The summed E-state index contributed by atoms with van der Waals surface area (Å²) in [6, 6.07) is 6.78. The third-order valence-corrected chi connectivity index (χ3v) is 9.18. The van der Waals surface area contributed by atoms with Crippen LogP contribution in [0, 0.1) is 11.2 Å². The summed E-state index contributed by atoms with van der Waals surface area (Å²) >= 11 is 0. The molecule has 200 valence electrons. The molecule has 4 aliphatic rings. The van der Waals surface area contributed by atoms with E-state index in [0.29, 0.717) is 25.3 Å². The number of fused-ring (bicyclic) bond motifs is 2. The number of nitrogens with zero attached hydrogens (tertiary/aromatic N) is 4. The lowest BCUT2D eigenvalue weighted by Crippen LogP contribution is -2.53. The van der Waals surface area contributed by atoms with Crippen molar-refractivity contribution in [3.63, 3.8) is 0 Å².